The molecule has 2 aromatic rings. The molecule has 0 bridgehead atoms. The Morgan fingerprint density at radius 3 is 2.66 bits per heavy atom. The van der Waals surface area contributed by atoms with E-state index in [1.165, 1.54) is 6.42 Å². The first-order valence-corrected chi connectivity index (χ1v) is 11.8. The molecule has 1 aliphatic heterocycles. The van der Waals surface area contributed by atoms with Gasteiger partial charge in [-0.05, 0) is 30.4 Å². The van der Waals surface area contributed by atoms with Crippen molar-refractivity contribution in [2.24, 2.45) is 5.41 Å². The zero-order valence-electron chi connectivity index (χ0n) is 18.8. The predicted molar refractivity (Wildman–Crippen MR) is 126 cm³/mol. The van der Waals surface area contributed by atoms with Crippen LogP contribution < -0.4 is 15.8 Å². The molecule has 1 aromatic heterocycles. The van der Waals surface area contributed by atoms with Crippen molar-refractivity contribution in [3.8, 4) is 17.0 Å². The number of carbonyl (C=O) groups excluding carboxylic acids is 1. The van der Waals surface area contributed by atoms with Gasteiger partial charge in [-0.1, -0.05) is 44.0 Å². The van der Waals surface area contributed by atoms with E-state index in [0.29, 0.717) is 52.8 Å². The van der Waals surface area contributed by atoms with Gasteiger partial charge in [-0.3, -0.25) is 10.2 Å². The van der Waals surface area contributed by atoms with E-state index in [1.807, 2.05) is 5.32 Å². The van der Waals surface area contributed by atoms with Crippen molar-refractivity contribution in [3.63, 3.8) is 0 Å². The molecule has 0 unspecified atom stereocenters. The molecule has 1 fully saturated rings. The summed E-state index contributed by atoms with van der Waals surface area (Å²) in [6.07, 6.45) is 4.22. The molecule has 2 aliphatic rings. The number of quaternary nitrogens is 1. The molecule has 9 heteroatoms. The molecule has 32 heavy (non-hydrogen) atoms. The molecule has 1 saturated carbocycles. The number of primary amides is 1. The summed E-state index contributed by atoms with van der Waals surface area (Å²) in [5.41, 5.74) is 8.99. The predicted octanol–water partition coefficient (Wildman–Crippen LogP) is 4.40. The summed E-state index contributed by atoms with van der Waals surface area (Å²) in [5, 5.41) is 2.74. The number of hydrogen-bond donors (Lipinski definition) is 2. The molecule has 0 saturated heterocycles. The molecule has 0 radical (unpaired) electrons. The minimum Gasteiger partial charge on any atom is -0.493 e. The molecular weight excluding hydrogens is 449 g/mol. The van der Waals surface area contributed by atoms with Crippen LogP contribution in [0.25, 0.3) is 11.3 Å². The average molecular weight is 479 g/mol. The lowest BCUT2D eigenvalue weighted by molar-refractivity contribution is -0.613. The third kappa shape index (κ3) is 5.11. The smallest absolute Gasteiger partial charge is 0.416 e. The number of rotatable bonds is 5. The minimum absolute atomic E-state index is 0.0288. The van der Waals surface area contributed by atoms with Crippen LogP contribution in [0, 0.1) is 5.41 Å². The normalized spacial score (nSPS) is 16.1. The van der Waals surface area contributed by atoms with E-state index in [0.717, 1.165) is 30.5 Å². The van der Waals surface area contributed by atoms with Crippen LogP contribution in [-0.4, -0.2) is 33.5 Å². The van der Waals surface area contributed by atoms with Crippen LogP contribution in [0.3, 0.4) is 0 Å². The Morgan fingerprint density at radius 1 is 1.25 bits per heavy atom. The number of hydrogen-bond acceptors (Lipinski definition) is 5. The topological polar surface area (TPSA) is 98.0 Å². The second-order valence-corrected chi connectivity index (χ2v) is 10.7. The van der Waals surface area contributed by atoms with Gasteiger partial charge >= 0.3 is 6.03 Å². The van der Waals surface area contributed by atoms with Gasteiger partial charge in [0.05, 0.1) is 47.7 Å². The van der Waals surface area contributed by atoms with Gasteiger partial charge < -0.3 is 10.5 Å². The molecule has 2 amide bonds. The zero-order chi connectivity index (χ0) is 23.0. The fraction of sp³-hybridized carbons (Fsp3) is 0.522. The molecule has 4 rings (SSSR count). The number of amides is 2. The van der Waals surface area contributed by atoms with Crippen molar-refractivity contribution in [2.75, 3.05) is 12.3 Å². The number of aromatic nitrogens is 2. The number of anilines is 1. The van der Waals surface area contributed by atoms with Crippen LogP contribution in [-0.2, 0) is 13.1 Å². The number of fused-ring (bicyclic) bond motifs is 1. The summed E-state index contributed by atoms with van der Waals surface area (Å²) in [7, 11) is 0. The maximum atomic E-state index is 12.8. The number of urea groups is 1. The second kappa shape index (κ2) is 9.04. The molecular formula is C23H30Cl2N5O2+. The highest BCUT2D eigenvalue weighted by atomic mass is 35.5. The number of nitrogens with two attached hydrogens (primary N) is 2. The number of nitrogens with zero attached hydrogens (tertiary/aromatic N) is 3. The third-order valence-corrected chi connectivity index (χ3v) is 6.52. The second-order valence-electron chi connectivity index (χ2n) is 9.83. The fourth-order valence-corrected chi connectivity index (χ4v) is 4.48. The highest BCUT2D eigenvalue weighted by molar-refractivity contribution is 6.37. The first-order valence-electron chi connectivity index (χ1n) is 11.0. The van der Waals surface area contributed by atoms with Gasteiger partial charge in [0.15, 0.2) is 0 Å². The van der Waals surface area contributed by atoms with E-state index < -0.39 is 0 Å². The average Bonchev–Trinajstić information content (AvgIpc) is 3.07. The number of carbonyl (C=O) groups is 1. The first-order chi connectivity index (χ1) is 15.1. The fourth-order valence-electron chi connectivity index (χ4n) is 3.91. The standard InChI is InChI=1S/C23H29Cl2N5O2/c1-23(2,3)7-8-32-18-10-13(24)9-16(25)19(18)20-15-11-30(12-17(15)28-21(26)29-20)22(31)27-14-5-4-6-14/h9-10,14H,4-8,11-12H2,1-3H3,(H,27,31)(H2,26,28,29)/p+1. The van der Waals surface area contributed by atoms with Gasteiger partial charge in [-0.2, -0.15) is 0 Å². The van der Waals surface area contributed by atoms with Crippen LogP contribution in [0.2, 0.25) is 10.0 Å². The summed E-state index contributed by atoms with van der Waals surface area (Å²) in [6.45, 7) is 7.80. The van der Waals surface area contributed by atoms with Gasteiger partial charge in [0.25, 0.3) is 0 Å². The minimum atomic E-state index is 0.0288. The van der Waals surface area contributed by atoms with E-state index in [9.17, 15) is 4.79 Å². The largest absolute Gasteiger partial charge is 0.493 e. The van der Waals surface area contributed by atoms with E-state index in [4.69, 9.17) is 33.7 Å². The van der Waals surface area contributed by atoms with Gasteiger partial charge in [0, 0.05) is 23.4 Å². The van der Waals surface area contributed by atoms with Crippen molar-refractivity contribution >= 4 is 35.2 Å². The Hall–Kier alpha value is -2.09. The molecule has 0 spiro atoms. The molecule has 1 aromatic carbocycles. The summed E-state index contributed by atoms with van der Waals surface area (Å²) < 4.78 is 6.12. The van der Waals surface area contributed by atoms with E-state index >= 15 is 0 Å². The summed E-state index contributed by atoms with van der Waals surface area (Å²) in [5.74, 6) is 0.695. The Morgan fingerprint density at radius 2 is 2.00 bits per heavy atom. The van der Waals surface area contributed by atoms with Crippen LogP contribution in [0.15, 0.2) is 12.1 Å². The zero-order valence-corrected chi connectivity index (χ0v) is 20.3. The Balaban J connectivity index is 1.66. The molecule has 0 atom stereocenters. The van der Waals surface area contributed by atoms with Gasteiger partial charge in [-0.25, -0.2) is 14.8 Å². The number of halogens is 2. The third-order valence-electron chi connectivity index (χ3n) is 6.00. The van der Waals surface area contributed by atoms with E-state index in [1.54, 1.807) is 17.0 Å². The van der Waals surface area contributed by atoms with Crippen LogP contribution in [0.1, 0.15) is 57.7 Å². The number of nitrogen functional groups attached to an aromatic ring is 1. The molecule has 1 aliphatic carbocycles. The van der Waals surface area contributed by atoms with Crippen LogP contribution >= 0.6 is 23.2 Å². The monoisotopic (exact) mass is 478 g/mol. The van der Waals surface area contributed by atoms with Gasteiger partial charge in [-0.15, -0.1) is 0 Å². The van der Waals surface area contributed by atoms with Crippen molar-refractivity contribution in [1.82, 2.24) is 14.9 Å². The summed E-state index contributed by atoms with van der Waals surface area (Å²) in [4.78, 5) is 23.5. The molecule has 4 N–H and O–H groups in total. The first kappa shape index (κ1) is 23.1. The lowest BCUT2D eigenvalue weighted by Gasteiger charge is -2.24. The van der Waals surface area contributed by atoms with Crippen LogP contribution in [0.5, 0.6) is 5.75 Å². The summed E-state index contributed by atoms with van der Waals surface area (Å²) >= 11 is 12.9. The van der Waals surface area contributed by atoms with E-state index in [2.05, 4.69) is 30.7 Å². The van der Waals surface area contributed by atoms with Crippen molar-refractivity contribution in [3.05, 3.63) is 33.4 Å². The molecule has 7 nitrogen and oxygen atoms in total. The van der Waals surface area contributed by atoms with Gasteiger partial charge in [0.1, 0.15) is 5.75 Å². The highest BCUT2D eigenvalue weighted by Gasteiger charge is 2.34. The van der Waals surface area contributed by atoms with E-state index in [-0.39, 0.29) is 17.4 Å². The lowest BCUT2D eigenvalue weighted by atomic mass is 9.93. The summed E-state index contributed by atoms with van der Waals surface area (Å²) in [6, 6.07) is 3.83. The number of benzene rings is 1. The SMILES string of the molecule is CC(C)(C)CCOc1cc(Cl)cc(Cl)c1-c1nc(N)nc2c1CN(C(=O)[NH2+]C1CCC1)C2. The Kier molecular flexibility index (Phi) is 6.52. The van der Waals surface area contributed by atoms with Gasteiger partial charge in [0.2, 0.25) is 5.95 Å². The Bertz CT molecular complexity index is 1030. The quantitative estimate of drug-likeness (QED) is 0.663. The lowest BCUT2D eigenvalue weighted by Crippen LogP contribution is -2.96. The molecule has 2 heterocycles. The maximum absolute atomic E-state index is 12.8. The van der Waals surface area contributed by atoms with Crippen molar-refractivity contribution < 1.29 is 14.8 Å². The maximum Gasteiger partial charge on any atom is 0.416 e. The highest BCUT2D eigenvalue weighted by Crippen LogP contribution is 2.42. The number of ether oxygens (including phenoxy) is 1. The van der Waals surface area contributed by atoms with Crippen molar-refractivity contribution in [1.29, 1.82) is 0 Å². The Labute approximate surface area is 198 Å². The molecule has 172 valence electrons. The van der Waals surface area contributed by atoms with Crippen molar-refractivity contribution in [2.45, 2.75) is 65.6 Å². The van der Waals surface area contributed by atoms with Crippen LogP contribution in [0.4, 0.5) is 10.7 Å².